The molecule has 2 aliphatic heterocycles. The normalized spacial score (nSPS) is 34.9. The maximum Gasteiger partial charge on any atom is 0.225 e. The molecule has 0 amide bonds. The molecule has 0 aromatic heterocycles. The summed E-state index contributed by atoms with van der Waals surface area (Å²) in [4.78, 5) is 0. The van der Waals surface area contributed by atoms with Crippen LogP contribution in [0.4, 0.5) is 0 Å². The molecule has 7 nitrogen and oxygen atoms in total. The molecule has 0 saturated carbocycles. The van der Waals surface area contributed by atoms with Crippen LogP contribution in [0, 0.1) is 0 Å². The fourth-order valence-electron chi connectivity index (χ4n) is 4.07. The molecule has 2 aliphatic rings. The van der Waals surface area contributed by atoms with Gasteiger partial charge in [-0.3, -0.25) is 0 Å². The Morgan fingerprint density at radius 2 is 1.79 bits per heavy atom. The van der Waals surface area contributed by atoms with E-state index in [-0.39, 0.29) is 12.4 Å². The van der Waals surface area contributed by atoms with Crippen LogP contribution < -0.4 is 0 Å². The lowest BCUT2D eigenvalue weighted by Gasteiger charge is -2.47. The lowest BCUT2D eigenvalue weighted by atomic mass is 9.81. The Morgan fingerprint density at radius 1 is 1.10 bits per heavy atom. The number of aromatic hydroxyl groups is 1. The predicted molar refractivity (Wildman–Crippen MR) is 104 cm³/mol. The minimum absolute atomic E-state index is 0.160. The van der Waals surface area contributed by atoms with Crippen molar-refractivity contribution in [3.63, 3.8) is 0 Å². The fraction of sp³-hybridized carbons (Fsp3) is 0.429. The number of hydrogen-bond donors (Lipinski definition) is 5. The van der Waals surface area contributed by atoms with E-state index in [1.54, 1.807) is 42.5 Å². The van der Waals surface area contributed by atoms with E-state index in [4.69, 9.17) is 21.1 Å². The number of halogens is 1. The maximum absolute atomic E-state index is 10.7. The molecule has 29 heavy (non-hydrogen) atoms. The first-order valence-corrected chi connectivity index (χ1v) is 9.70. The summed E-state index contributed by atoms with van der Waals surface area (Å²) >= 11 is 6.36. The predicted octanol–water partition coefficient (Wildman–Crippen LogP) is 1.05. The first-order chi connectivity index (χ1) is 13.7. The van der Waals surface area contributed by atoms with E-state index >= 15 is 0 Å². The monoisotopic (exact) mass is 422 g/mol. The highest BCUT2D eigenvalue weighted by atomic mass is 35.5. The van der Waals surface area contributed by atoms with E-state index in [1.807, 2.05) is 0 Å². The van der Waals surface area contributed by atoms with Gasteiger partial charge >= 0.3 is 0 Å². The van der Waals surface area contributed by atoms with Crippen molar-refractivity contribution in [3.05, 3.63) is 64.2 Å². The highest BCUT2D eigenvalue weighted by Crippen LogP contribution is 2.51. The summed E-state index contributed by atoms with van der Waals surface area (Å²) in [6, 6.07) is 11.7. The third-order valence-corrected chi connectivity index (χ3v) is 6.25. The Balaban J connectivity index is 1.73. The molecule has 4 rings (SSSR count). The van der Waals surface area contributed by atoms with Gasteiger partial charge in [-0.1, -0.05) is 29.8 Å². The summed E-state index contributed by atoms with van der Waals surface area (Å²) in [5, 5.41) is 51.7. The molecular formula is C21H23ClO7. The average Bonchev–Trinajstić information content (AvgIpc) is 3.09. The number of rotatable bonds is 4. The van der Waals surface area contributed by atoms with Gasteiger partial charge in [-0.05, 0) is 48.7 Å². The first kappa shape index (κ1) is 20.6. The molecule has 8 heteroatoms. The van der Waals surface area contributed by atoms with Crippen LogP contribution in [-0.4, -0.2) is 62.2 Å². The molecule has 0 spiro atoms. The molecule has 2 aromatic carbocycles. The van der Waals surface area contributed by atoms with Gasteiger partial charge in [0.05, 0.1) is 12.7 Å². The zero-order valence-electron chi connectivity index (χ0n) is 15.7. The third kappa shape index (κ3) is 3.14. The summed E-state index contributed by atoms with van der Waals surface area (Å²) < 4.78 is 11.8. The van der Waals surface area contributed by atoms with Crippen LogP contribution in [0.5, 0.6) is 5.75 Å². The molecule has 0 unspecified atom stereocenters. The summed E-state index contributed by atoms with van der Waals surface area (Å²) in [5.41, 5.74) is 0.483. The number of aliphatic hydroxyl groups excluding tert-OH is 4. The van der Waals surface area contributed by atoms with Crippen LogP contribution in [0.2, 0.25) is 5.02 Å². The van der Waals surface area contributed by atoms with Crippen molar-refractivity contribution in [2.45, 2.75) is 49.1 Å². The number of benzene rings is 2. The standard InChI is InChI=1S/C21H23ClO7/c1-11(23)20-10-28-21(29-20,19(27)17(25)18(20)26)14-4-7-16(22)13(9-14)8-12-2-5-15(24)6-3-12/h2-7,9,11,17-19,23-27H,8,10H2,1H3/t11-,17+,18+,19-,20-,21+/m1/s1. The summed E-state index contributed by atoms with van der Waals surface area (Å²) in [6.07, 6.45) is -5.36. The second-order valence-electron chi connectivity index (χ2n) is 7.72. The van der Waals surface area contributed by atoms with Crippen molar-refractivity contribution in [3.8, 4) is 5.75 Å². The third-order valence-electron chi connectivity index (χ3n) is 5.88. The molecule has 156 valence electrons. The van der Waals surface area contributed by atoms with Gasteiger partial charge in [0.15, 0.2) is 0 Å². The summed E-state index contributed by atoms with van der Waals surface area (Å²) in [6.45, 7) is 1.24. The lowest BCUT2D eigenvalue weighted by Crippen LogP contribution is -2.67. The van der Waals surface area contributed by atoms with Crippen molar-refractivity contribution in [1.82, 2.24) is 0 Å². The van der Waals surface area contributed by atoms with Crippen LogP contribution in [0.1, 0.15) is 23.6 Å². The van der Waals surface area contributed by atoms with Crippen LogP contribution in [0.25, 0.3) is 0 Å². The highest BCUT2D eigenvalue weighted by molar-refractivity contribution is 6.31. The SMILES string of the molecule is C[C@@H](O)[C@@]12CO[C@@](c3ccc(Cl)c(Cc4ccc(O)cc4)c3)(O1)[C@H](O)[C@@H](O)[C@@H]2O. The van der Waals surface area contributed by atoms with Gasteiger partial charge in [0.25, 0.3) is 0 Å². The molecule has 2 aromatic rings. The first-order valence-electron chi connectivity index (χ1n) is 9.33. The number of ether oxygens (including phenoxy) is 2. The Hall–Kier alpha value is -1.71. The Kier molecular flexibility index (Phi) is 5.11. The zero-order valence-corrected chi connectivity index (χ0v) is 16.5. The zero-order chi connectivity index (χ0) is 21.0. The van der Waals surface area contributed by atoms with E-state index in [2.05, 4.69) is 0 Å². The van der Waals surface area contributed by atoms with Crippen LogP contribution in [0.3, 0.4) is 0 Å². The Morgan fingerprint density at radius 3 is 2.45 bits per heavy atom. The number of hydrogen-bond acceptors (Lipinski definition) is 7. The summed E-state index contributed by atoms with van der Waals surface area (Å²) in [5.74, 6) is -1.59. The van der Waals surface area contributed by atoms with Gasteiger partial charge in [-0.15, -0.1) is 0 Å². The second-order valence-corrected chi connectivity index (χ2v) is 8.13. The van der Waals surface area contributed by atoms with Crippen molar-refractivity contribution in [2.75, 3.05) is 6.61 Å². The average molecular weight is 423 g/mol. The molecule has 2 fully saturated rings. The molecule has 2 heterocycles. The minimum Gasteiger partial charge on any atom is -0.508 e. The van der Waals surface area contributed by atoms with Gasteiger partial charge in [-0.25, -0.2) is 0 Å². The smallest absolute Gasteiger partial charge is 0.225 e. The highest BCUT2D eigenvalue weighted by Gasteiger charge is 2.68. The quantitative estimate of drug-likeness (QED) is 0.499. The Bertz CT molecular complexity index is 902. The second kappa shape index (κ2) is 7.21. The van der Waals surface area contributed by atoms with Gasteiger partial charge < -0.3 is 35.0 Å². The van der Waals surface area contributed by atoms with E-state index in [0.717, 1.165) is 11.1 Å². The fourth-order valence-corrected chi connectivity index (χ4v) is 4.25. The van der Waals surface area contributed by atoms with Crippen molar-refractivity contribution < 1.29 is 35.0 Å². The van der Waals surface area contributed by atoms with E-state index in [0.29, 0.717) is 17.0 Å². The maximum atomic E-state index is 10.7. The topological polar surface area (TPSA) is 120 Å². The van der Waals surface area contributed by atoms with Gasteiger partial charge in [0.1, 0.15) is 29.7 Å². The lowest BCUT2D eigenvalue weighted by molar-refractivity contribution is -0.336. The molecule has 0 radical (unpaired) electrons. The molecular weight excluding hydrogens is 400 g/mol. The number of fused-ring (bicyclic) bond motifs is 2. The Labute approximate surface area is 172 Å². The number of phenols is 1. The molecule has 5 N–H and O–H groups in total. The van der Waals surface area contributed by atoms with Crippen molar-refractivity contribution in [1.29, 1.82) is 0 Å². The number of aliphatic hydroxyl groups is 4. The van der Waals surface area contributed by atoms with Gasteiger partial charge in [0, 0.05) is 10.6 Å². The van der Waals surface area contributed by atoms with Crippen molar-refractivity contribution in [2.24, 2.45) is 0 Å². The van der Waals surface area contributed by atoms with Gasteiger partial charge in [0.2, 0.25) is 5.79 Å². The molecule has 2 saturated heterocycles. The largest absolute Gasteiger partial charge is 0.508 e. The van der Waals surface area contributed by atoms with Crippen LogP contribution >= 0.6 is 11.6 Å². The van der Waals surface area contributed by atoms with E-state index in [9.17, 15) is 25.5 Å². The molecule has 2 bridgehead atoms. The van der Waals surface area contributed by atoms with Crippen LogP contribution in [-0.2, 0) is 21.7 Å². The summed E-state index contributed by atoms with van der Waals surface area (Å²) in [7, 11) is 0. The van der Waals surface area contributed by atoms with Crippen LogP contribution in [0.15, 0.2) is 42.5 Å². The molecule has 6 atom stereocenters. The van der Waals surface area contributed by atoms with E-state index in [1.165, 1.54) is 6.92 Å². The minimum atomic E-state index is -1.75. The molecule has 0 aliphatic carbocycles. The van der Waals surface area contributed by atoms with Gasteiger partial charge in [-0.2, -0.15) is 0 Å². The number of phenolic OH excluding ortho intramolecular Hbond substituents is 1. The van der Waals surface area contributed by atoms with Crippen molar-refractivity contribution >= 4 is 11.6 Å². The van der Waals surface area contributed by atoms with E-state index < -0.39 is 35.8 Å².